The van der Waals surface area contributed by atoms with Crippen LogP contribution in [-0.2, 0) is 19.3 Å². The maximum absolute atomic E-state index is 14.9. The van der Waals surface area contributed by atoms with Crippen molar-refractivity contribution in [3.8, 4) is 11.1 Å². The topological polar surface area (TPSA) is 0 Å². The summed E-state index contributed by atoms with van der Waals surface area (Å²) in [6.45, 7) is 2.12. The molecule has 0 aliphatic heterocycles. The monoisotopic (exact) mass is 440 g/mol. The fraction of sp³-hybridized carbons (Fsp3) is 0.185. The van der Waals surface area contributed by atoms with Gasteiger partial charge in [-0.2, -0.15) is 0 Å². The molecule has 0 fully saturated rings. The molecule has 0 amide bonds. The lowest BCUT2D eigenvalue weighted by Crippen LogP contribution is -2.01. The third-order valence-electron chi connectivity index (χ3n) is 5.64. The molecule has 0 nitrogen and oxygen atoms in total. The molecule has 0 N–H and O–H groups in total. The fourth-order valence-corrected chi connectivity index (χ4v) is 3.94. The second-order valence-electron chi connectivity index (χ2n) is 7.92. The predicted molar refractivity (Wildman–Crippen MR) is 117 cm³/mol. The number of hydrogen-bond acceptors (Lipinski definition) is 0. The van der Waals surface area contributed by atoms with Gasteiger partial charge in [-0.15, -0.1) is 0 Å². The van der Waals surface area contributed by atoms with Gasteiger partial charge in [-0.25, -0.2) is 22.0 Å². The molecule has 32 heavy (non-hydrogen) atoms. The Bertz CT molecular complexity index is 1270. The SMILES string of the molecule is CCCc1ccc2cc(-c3ccc(CCc4cc(F)c(F)c(F)c4)c(F)c3F)ccc2c1. The average Bonchev–Trinajstić information content (AvgIpc) is 2.78. The van der Waals surface area contributed by atoms with Crippen LogP contribution in [0.25, 0.3) is 21.9 Å². The number of fused-ring (bicyclic) bond motifs is 1. The summed E-state index contributed by atoms with van der Waals surface area (Å²) in [5, 5.41) is 1.97. The van der Waals surface area contributed by atoms with Crippen molar-refractivity contribution in [3.63, 3.8) is 0 Å². The summed E-state index contributed by atoms with van der Waals surface area (Å²) in [6.07, 6.45) is 2.09. The summed E-state index contributed by atoms with van der Waals surface area (Å²) in [5.41, 5.74) is 2.19. The van der Waals surface area contributed by atoms with Crippen molar-refractivity contribution in [3.05, 3.63) is 106 Å². The Balaban J connectivity index is 1.59. The van der Waals surface area contributed by atoms with Crippen molar-refractivity contribution in [1.82, 2.24) is 0 Å². The van der Waals surface area contributed by atoms with Crippen LogP contribution in [0.2, 0.25) is 0 Å². The van der Waals surface area contributed by atoms with Gasteiger partial charge in [0.05, 0.1) is 0 Å². The highest BCUT2D eigenvalue weighted by atomic mass is 19.2. The number of hydrogen-bond donors (Lipinski definition) is 0. The quantitative estimate of drug-likeness (QED) is 0.211. The molecular formula is C27H21F5. The van der Waals surface area contributed by atoms with Crippen LogP contribution >= 0.6 is 0 Å². The number of aryl methyl sites for hydroxylation is 3. The average molecular weight is 440 g/mol. The van der Waals surface area contributed by atoms with Gasteiger partial charge in [-0.05, 0) is 70.5 Å². The summed E-state index contributed by atoms with van der Waals surface area (Å²) in [6, 6.07) is 16.3. The first-order valence-corrected chi connectivity index (χ1v) is 10.5. The van der Waals surface area contributed by atoms with Crippen molar-refractivity contribution in [2.75, 3.05) is 0 Å². The first-order valence-electron chi connectivity index (χ1n) is 10.5. The molecule has 4 rings (SSSR count). The molecule has 0 heterocycles. The van der Waals surface area contributed by atoms with E-state index in [0.29, 0.717) is 5.56 Å². The summed E-state index contributed by atoms with van der Waals surface area (Å²) in [4.78, 5) is 0. The van der Waals surface area contributed by atoms with Crippen LogP contribution in [0, 0.1) is 29.1 Å². The van der Waals surface area contributed by atoms with Crippen LogP contribution in [0.1, 0.15) is 30.0 Å². The predicted octanol–water partition coefficient (Wildman–Crippen LogP) is 7.94. The molecule has 5 heteroatoms. The zero-order valence-electron chi connectivity index (χ0n) is 17.5. The van der Waals surface area contributed by atoms with Gasteiger partial charge >= 0.3 is 0 Å². The van der Waals surface area contributed by atoms with Crippen molar-refractivity contribution in [2.45, 2.75) is 32.6 Å². The Morgan fingerprint density at radius 3 is 1.97 bits per heavy atom. The summed E-state index contributed by atoms with van der Waals surface area (Å²) >= 11 is 0. The molecule has 0 saturated carbocycles. The minimum Gasteiger partial charge on any atom is -0.204 e. The molecule has 0 aliphatic rings. The molecule has 0 spiro atoms. The molecule has 4 aromatic carbocycles. The Labute approximate surface area is 183 Å². The largest absolute Gasteiger partial charge is 0.204 e. The lowest BCUT2D eigenvalue weighted by atomic mass is 9.96. The highest BCUT2D eigenvalue weighted by molar-refractivity contribution is 5.88. The fourth-order valence-electron chi connectivity index (χ4n) is 3.94. The van der Waals surface area contributed by atoms with Gasteiger partial charge < -0.3 is 0 Å². The third-order valence-corrected chi connectivity index (χ3v) is 5.64. The highest BCUT2D eigenvalue weighted by Gasteiger charge is 2.16. The van der Waals surface area contributed by atoms with Crippen molar-refractivity contribution < 1.29 is 22.0 Å². The number of halogens is 5. The van der Waals surface area contributed by atoms with Crippen LogP contribution in [0.15, 0.2) is 60.7 Å². The standard InChI is InChI=1S/C27H21F5/c1-2-3-16-4-7-20-15-21(9-8-19(20)12-16)22-11-10-18(25(30)26(22)31)6-5-17-13-23(28)27(32)24(29)14-17/h4,7-15H,2-3,5-6H2,1H3. The first-order chi connectivity index (χ1) is 15.4. The molecular weight excluding hydrogens is 419 g/mol. The Hall–Kier alpha value is -3.21. The summed E-state index contributed by atoms with van der Waals surface area (Å²) < 4.78 is 69.4. The second-order valence-corrected chi connectivity index (χ2v) is 7.92. The molecule has 0 bridgehead atoms. The van der Waals surface area contributed by atoms with E-state index in [1.807, 2.05) is 24.3 Å². The van der Waals surface area contributed by atoms with E-state index in [4.69, 9.17) is 0 Å². The van der Waals surface area contributed by atoms with Gasteiger partial charge in [-0.1, -0.05) is 55.8 Å². The molecule has 0 aliphatic carbocycles. The van der Waals surface area contributed by atoms with Gasteiger partial charge in [0.25, 0.3) is 0 Å². The number of benzene rings is 4. The summed E-state index contributed by atoms with van der Waals surface area (Å²) in [5.74, 6) is -6.13. The third kappa shape index (κ3) is 4.38. The Kier molecular flexibility index (Phi) is 6.26. The van der Waals surface area contributed by atoms with Gasteiger partial charge in [-0.3, -0.25) is 0 Å². The van der Waals surface area contributed by atoms with Gasteiger partial charge in [0.2, 0.25) is 0 Å². The summed E-state index contributed by atoms with van der Waals surface area (Å²) in [7, 11) is 0. The lowest BCUT2D eigenvalue weighted by Gasteiger charge is -2.11. The van der Waals surface area contributed by atoms with E-state index in [9.17, 15) is 22.0 Å². The number of rotatable bonds is 6. The van der Waals surface area contributed by atoms with Crippen molar-refractivity contribution >= 4 is 10.8 Å². The van der Waals surface area contributed by atoms with Gasteiger partial charge in [0.15, 0.2) is 29.1 Å². The zero-order chi connectivity index (χ0) is 22.8. The maximum Gasteiger partial charge on any atom is 0.194 e. The molecule has 0 aromatic heterocycles. The first kappa shape index (κ1) is 22.0. The Morgan fingerprint density at radius 1 is 0.562 bits per heavy atom. The van der Waals surface area contributed by atoms with E-state index in [-0.39, 0.29) is 29.5 Å². The molecule has 164 valence electrons. The highest BCUT2D eigenvalue weighted by Crippen LogP contribution is 2.30. The van der Waals surface area contributed by atoms with E-state index in [1.54, 1.807) is 6.07 Å². The minimum atomic E-state index is -1.55. The minimum absolute atomic E-state index is 0.0193. The van der Waals surface area contributed by atoms with E-state index >= 15 is 0 Å². The maximum atomic E-state index is 14.9. The molecule has 0 saturated heterocycles. The van der Waals surface area contributed by atoms with Crippen LogP contribution < -0.4 is 0 Å². The molecule has 0 atom stereocenters. The van der Waals surface area contributed by atoms with Gasteiger partial charge in [0.1, 0.15) is 0 Å². The van der Waals surface area contributed by atoms with E-state index < -0.39 is 29.1 Å². The van der Waals surface area contributed by atoms with Crippen LogP contribution in [-0.4, -0.2) is 0 Å². The van der Waals surface area contributed by atoms with Crippen molar-refractivity contribution in [1.29, 1.82) is 0 Å². The van der Waals surface area contributed by atoms with Crippen LogP contribution in [0.3, 0.4) is 0 Å². The molecule has 0 unspecified atom stereocenters. The van der Waals surface area contributed by atoms with Gasteiger partial charge in [0, 0.05) is 5.56 Å². The van der Waals surface area contributed by atoms with E-state index in [0.717, 1.165) is 35.7 Å². The zero-order valence-corrected chi connectivity index (χ0v) is 17.5. The molecule has 0 radical (unpaired) electrons. The Morgan fingerprint density at radius 2 is 1.25 bits per heavy atom. The smallest absolute Gasteiger partial charge is 0.194 e. The van der Waals surface area contributed by atoms with Crippen molar-refractivity contribution in [2.24, 2.45) is 0 Å². The van der Waals surface area contributed by atoms with E-state index in [1.165, 1.54) is 17.7 Å². The van der Waals surface area contributed by atoms with Crippen LogP contribution in [0.4, 0.5) is 22.0 Å². The van der Waals surface area contributed by atoms with E-state index in [2.05, 4.69) is 13.0 Å². The van der Waals surface area contributed by atoms with Crippen LogP contribution in [0.5, 0.6) is 0 Å². The molecule has 4 aromatic rings. The second kappa shape index (κ2) is 9.11. The normalized spacial score (nSPS) is 11.3. The lowest BCUT2D eigenvalue weighted by molar-refractivity contribution is 0.445.